The topological polar surface area (TPSA) is 91.7 Å². The normalized spacial score (nSPS) is 10.6. The third-order valence-corrected chi connectivity index (χ3v) is 2.73. The van der Waals surface area contributed by atoms with E-state index in [0.717, 1.165) is 11.1 Å². The minimum absolute atomic E-state index is 0.0786. The van der Waals surface area contributed by atoms with Crippen molar-refractivity contribution >= 4 is 5.95 Å². The Hall–Kier alpha value is -2.96. The van der Waals surface area contributed by atoms with Gasteiger partial charge in [0, 0.05) is 12.4 Å². The predicted octanol–water partition coefficient (Wildman–Crippen LogP) is 2.05. The van der Waals surface area contributed by atoms with E-state index in [1.54, 1.807) is 18.5 Å². The first-order valence-corrected chi connectivity index (χ1v) is 6.38. The van der Waals surface area contributed by atoms with E-state index in [2.05, 4.69) is 26.1 Å². The van der Waals surface area contributed by atoms with Gasteiger partial charge in [-0.2, -0.15) is 20.1 Å². The summed E-state index contributed by atoms with van der Waals surface area (Å²) >= 11 is 0. The third-order valence-electron chi connectivity index (χ3n) is 2.73. The molecule has 0 spiro atoms. The van der Waals surface area contributed by atoms with Crippen LogP contribution in [0.3, 0.4) is 0 Å². The summed E-state index contributed by atoms with van der Waals surface area (Å²) in [5.74, 6) is 1.05. The lowest BCUT2D eigenvalue weighted by Gasteiger charge is -2.07. The summed E-state index contributed by atoms with van der Waals surface area (Å²) in [4.78, 5) is 12.2. The molecule has 0 fully saturated rings. The Labute approximate surface area is 121 Å². The highest BCUT2D eigenvalue weighted by Crippen LogP contribution is 2.21. The van der Waals surface area contributed by atoms with Gasteiger partial charge in [-0.05, 0) is 43.2 Å². The first-order chi connectivity index (χ1) is 10.1. The number of benzene rings is 1. The van der Waals surface area contributed by atoms with Gasteiger partial charge in [0.05, 0.1) is 0 Å². The molecule has 0 saturated carbocycles. The van der Waals surface area contributed by atoms with Crippen LogP contribution in [-0.2, 0) is 0 Å². The summed E-state index contributed by atoms with van der Waals surface area (Å²) in [6.07, 6.45) is 3.35. The van der Waals surface area contributed by atoms with Gasteiger partial charge >= 0.3 is 6.01 Å². The molecule has 0 aliphatic heterocycles. The van der Waals surface area contributed by atoms with Gasteiger partial charge in [0.25, 0.3) is 5.95 Å². The minimum Gasteiger partial charge on any atom is -0.424 e. The molecule has 7 heteroatoms. The number of aromatic nitrogens is 5. The van der Waals surface area contributed by atoms with Crippen molar-refractivity contribution < 1.29 is 4.74 Å². The molecule has 0 atom stereocenters. The third kappa shape index (κ3) is 2.97. The van der Waals surface area contributed by atoms with Gasteiger partial charge in [-0.25, -0.2) is 4.68 Å². The lowest BCUT2D eigenvalue weighted by atomic mass is 10.1. The number of ether oxygens (including phenoxy) is 1. The summed E-state index contributed by atoms with van der Waals surface area (Å²) in [7, 11) is 0. The highest BCUT2D eigenvalue weighted by Gasteiger charge is 2.09. The molecule has 0 radical (unpaired) electrons. The van der Waals surface area contributed by atoms with Crippen LogP contribution in [-0.4, -0.2) is 24.7 Å². The molecule has 0 aliphatic rings. The smallest absolute Gasteiger partial charge is 0.328 e. The van der Waals surface area contributed by atoms with Gasteiger partial charge in [-0.1, -0.05) is 6.07 Å². The van der Waals surface area contributed by atoms with Crippen molar-refractivity contribution in [2.24, 2.45) is 0 Å². The fourth-order valence-corrected chi connectivity index (χ4v) is 1.99. The Balaban J connectivity index is 1.95. The first kappa shape index (κ1) is 13.0. The Morgan fingerprint density at radius 1 is 1.05 bits per heavy atom. The lowest BCUT2D eigenvalue weighted by Crippen LogP contribution is -2.07. The number of aryl methyl sites for hydroxylation is 2. The van der Waals surface area contributed by atoms with Gasteiger partial charge in [-0.3, -0.25) is 0 Å². The van der Waals surface area contributed by atoms with Crippen molar-refractivity contribution in [3.8, 4) is 17.7 Å². The molecule has 3 aromatic rings. The molecule has 1 aromatic carbocycles. The Kier molecular flexibility index (Phi) is 3.23. The van der Waals surface area contributed by atoms with E-state index in [4.69, 9.17) is 10.5 Å². The van der Waals surface area contributed by atoms with E-state index < -0.39 is 0 Å². The highest BCUT2D eigenvalue weighted by molar-refractivity contribution is 5.35. The molecule has 0 aliphatic carbocycles. The second-order valence-electron chi connectivity index (χ2n) is 4.65. The molecular formula is C14H14N6O. The molecule has 0 bridgehead atoms. The van der Waals surface area contributed by atoms with Gasteiger partial charge in [0.15, 0.2) is 0 Å². The zero-order valence-electron chi connectivity index (χ0n) is 11.7. The van der Waals surface area contributed by atoms with Crippen molar-refractivity contribution in [1.82, 2.24) is 24.7 Å². The largest absolute Gasteiger partial charge is 0.424 e. The number of nitrogens with two attached hydrogens (primary N) is 1. The molecule has 106 valence electrons. The quantitative estimate of drug-likeness (QED) is 0.790. The number of nitrogen functional groups attached to an aromatic ring is 1. The summed E-state index contributed by atoms with van der Waals surface area (Å²) in [5.41, 5.74) is 7.89. The number of rotatable bonds is 3. The van der Waals surface area contributed by atoms with Crippen LogP contribution in [0.4, 0.5) is 5.95 Å². The van der Waals surface area contributed by atoms with Gasteiger partial charge < -0.3 is 10.5 Å². The van der Waals surface area contributed by atoms with Crippen LogP contribution < -0.4 is 10.5 Å². The summed E-state index contributed by atoms with van der Waals surface area (Å²) in [6, 6.07) is 7.77. The molecule has 0 saturated heterocycles. The molecule has 2 aromatic heterocycles. The fraction of sp³-hybridized carbons (Fsp3) is 0.143. The molecule has 2 heterocycles. The second kappa shape index (κ2) is 5.20. The van der Waals surface area contributed by atoms with E-state index in [-0.39, 0.29) is 12.0 Å². The van der Waals surface area contributed by atoms with Gasteiger partial charge in [0.2, 0.25) is 5.95 Å². The molecule has 0 unspecified atom stereocenters. The SMILES string of the molecule is Cc1cc(C)cc(Oc2nc(N)nc(-n3cccn3)n2)c1. The maximum absolute atomic E-state index is 5.70. The molecule has 21 heavy (non-hydrogen) atoms. The predicted molar refractivity (Wildman–Crippen MR) is 77.4 cm³/mol. The van der Waals surface area contributed by atoms with E-state index >= 15 is 0 Å². The van der Waals surface area contributed by atoms with Crippen LogP contribution in [0.2, 0.25) is 0 Å². The molecule has 0 amide bonds. The summed E-state index contributed by atoms with van der Waals surface area (Å²) < 4.78 is 7.17. The van der Waals surface area contributed by atoms with Crippen LogP contribution >= 0.6 is 0 Å². The van der Waals surface area contributed by atoms with Crippen LogP contribution in [0.5, 0.6) is 11.8 Å². The zero-order chi connectivity index (χ0) is 14.8. The fourth-order valence-electron chi connectivity index (χ4n) is 1.99. The minimum atomic E-state index is 0.0786. The molecular weight excluding hydrogens is 268 g/mol. The average Bonchev–Trinajstić information content (AvgIpc) is 2.90. The Morgan fingerprint density at radius 2 is 1.81 bits per heavy atom. The number of hydrogen-bond acceptors (Lipinski definition) is 6. The van der Waals surface area contributed by atoms with Gasteiger partial charge in [-0.15, -0.1) is 0 Å². The summed E-state index contributed by atoms with van der Waals surface area (Å²) in [6.45, 7) is 3.99. The van der Waals surface area contributed by atoms with Crippen molar-refractivity contribution in [2.45, 2.75) is 13.8 Å². The number of hydrogen-bond donors (Lipinski definition) is 1. The number of anilines is 1. The van der Waals surface area contributed by atoms with Crippen LogP contribution in [0.15, 0.2) is 36.7 Å². The summed E-state index contributed by atoms with van der Waals surface area (Å²) in [5, 5.41) is 4.06. The molecule has 3 rings (SSSR count). The van der Waals surface area contributed by atoms with Crippen molar-refractivity contribution in [3.63, 3.8) is 0 Å². The van der Waals surface area contributed by atoms with Crippen LogP contribution in [0.1, 0.15) is 11.1 Å². The van der Waals surface area contributed by atoms with Gasteiger partial charge in [0.1, 0.15) is 5.75 Å². The van der Waals surface area contributed by atoms with E-state index in [9.17, 15) is 0 Å². The van der Waals surface area contributed by atoms with E-state index in [1.807, 2.05) is 26.0 Å². The average molecular weight is 282 g/mol. The maximum atomic E-state index is 5.70. The van der Waals surface area contributed by atoms with Crippen molar-refractivity contribution in [3.05, 3.63) is 47.8 Å². The second-order valence-corrected chi connectivity index (χ2v) is 4.65. The Bertz CT molecular complexity index is 749. The van der Waals surface area contributed by atoms with Crippen LogP contribution in [0.25, 0.3) is 5.95 Å². The first-order valence-electron chi connectivity index (χ1n) is 6.38. The standard InChI is InChI=1S/C14H14N6O/c1-9-6-10(2)8-11(7-9)21-14-18-12(15)17-13(19-14)20-5-3-4-16-20/h3-8H,1-2H3,(H2,15,17,18,19). The van der Waals surface area contributed by atoms with Crippen molar-refractivity contribution in [1.29, 1.82) is 0 Å². The maximum Gasteiger partial charge on any atom is 0.328 e. The number of nitrogens with zero attached hydrogens (tertiary/aromatic N) is 5. The van der Waals surface area contributed by atoms with Crippen molar-refractivity contribution in [2.75, 3.05) is 5.73 Å². The molecule has 2 N–H and O–H groups in total. The van der Waals surface area contributed by atoms with E-state index in [1.165, 1.54) is 4.68 Å². The highest BCUT2D eigenvalue weighted by atomic mass is 16.5. The molecule has 7 nitrogen and oxygen atoms in total. The lowest BCUT2D eigenvalue weighted by molar-refractivity contribution is 0.438. The monoisotopic (exact) mass is 282 g/mol. The van der Waals surface area contributed by atoms with Crippen LogP contribution in [0, 0.1) is 13.8 Å². The zero-order valence-corrected chi connectivity index (χ0v) is 11.7. The van der Waals surface area contributed by atoms with E-state index in [0.29, 0.717) is 11.7 Å². The Morgan fingerprint density at radius 3 is 2.48 bits per heavy atom.